The Morgan fingerprint density at radius 3 is 2.46 bits per heavy atom. The Morgan fingerprint density at radius 1 is 1.21 bits per heavy atom. The molecule has 24 heavy (non-hydrogen) atoms. The van der Waals surface area contributed by atoms with Gasteiger partial charge >= 0.3 is 0 Å². The van der Waals surface area contributed by atoms with Crippen LogP contribution in [0.25, 0.3) is 11.3 Å². The Labute approximate surface area is 147 Å². The van der Waals surface area contributed by atoms with Crippen LogP contribution in [0, 0.1) is 12.8 Å². The van der Waals surface area contributed by atoms with Gasteiger partial charge in [0.1, 0.15) is 5.82 Å². The number of aromatic nitrogens is 2. The van der Waals surface area contributed by atoms with Crippen LogP contribution >= 0.6 is 11.6 Å². The molecule has 126 valence electrons. The van der Waals surface area contributed by atoms with E-state index in [2.05, 4.69) is 11.9 Å². The van der Waals surface area contributed by atoms with Crippen molar-refractivity contribution >= 4 is 27.0 Å². The normalized spacial score (nSPS) is 18.2. The van der Waals surface area contributed by atoms with Crippen molar-refractivity contribution in [3.05, 3.63) is 59.2 Å². The minimum Gasteiger partial charge on any atom is -0.300 e. The van der Waals surface area contributed by atoms with Crippen LogP contribution in [0.1, 0.15) is 24.9 Å². The Bertz CT molecular complexity index is 938. The molecule has 1 aromatic carbocycles. The summed E-state index contributed by atoms with van der Waals surface area (Å²) < 4.78 is 25.2. The predicted octanol–water partition coefficient (Wildman–Crippen LogP) is 4.13. The molecule has 3 rings (SSSR count). The molecule has 1 aromatic heterocycles. The summed E-state index contributed by atoms with van der Waals surface area (Å²) in [6.45, 7) is 4.04. The van der Waals surface area contributed by atoms with E-state index >= 15 is 0 Å². The van der Waals surface area contributed by atoms with Crippen molar-refractivity contribution < 1.29 is 8.42 Å². The molecule has 1 aliphatic rings. The molecule has 6 heteroatoms. The van der Waals surface area contributed by atoms with Gasteiger partial charge in [0.25, 0.3) is 0 Å². The number of aryl methyl sites for hydroxylation is 1. The smallest absolute Gasteiger partial charge is 0.175 e. The highest BCUT2D eigenvalue weighted by atomic mass is 35.5. The molecule has 4 nitrogen and oxygen atoms in total. The molecule has 1 aliphatic carbocycles. The third-order valence-electron chi connectivity index (χ3n) is 4.10. The van der Waals surface area contributed by atoms with Crippen LogP contribution in [0.5, 0.6) is 0 Å². The fraction of sp³-hybridized carbons (Fsp3) is 0.278. The summed E-state index contributed by atoms with van der Waals surface area (Å²) >= 11 is 6.17. The highest BCUT2D eigenvalue weighted by Gasteiger charge is 2.19. The maximum Gasteiger partial charge on any atom is 0.175 e. The number of rotatable bonds is 3. The van der Waals surface area contributed by atoms with Crippen LogP contribution in [0.15, 0.2) is 52.5 Å². The van der Waals surface area contributed by atoms with Gasteiger partial charge in [-0.15, -0.1) is 0 Å². The third kappa shape index (κ3) is 3.32. The second-order valence-corrected chi connectivity index (χ2v) is 8.64. The Balaban J connectivity index is 2.04. The molecular formula is C18H19ClN2O2S. The number of sulfone groups is 1. The molecule has 1 unspecified atom stereocenters. The monoisotopic (exact) mass is 362 g/mol. The van der Waals surface area contributed by atoms with Crippen molar-refractivity contribution in [1.29, 1.82) is 0 Å². The first-order valence-corrected chi connectivity index (χ1v) is 9.96. The first kappa shape index (κ1) is 17.0. The molecule has 0 amide bonds. The van der Waals surface area contributed by atoms with E-state index < -0.39 is 9.84 Å². The Morgan fingerprint density at radius 2 is 1.88 bits per heavy atom. The second-order valence-electron chi connectivity index (χ2n) is 6.19. The van der Waals surface area contributed by atoms with Gasteiger partial charge in [0.05, 0.1) is 10.6 Å². The molecule has 0 N–H and O–H groups in total. The molecule has 0 aliphatic heterocycles. The van der Waals surface area contributed by atoms with Gasteiger partial charge in [-0.25, -0.2) is 13.4 Å². The minimum absolute atomic E-state index is 0.268. The number of nitrogens with zero attached hydrogens (tertiary/aromatic N) is 2. The molecule has 0 saturated carbocycles. The summed E-state index contributed by atoms with van der Waals surface area (Å²) in [5, 5.41) is 0.853. The van der Waals surface area contributed by atoms with Gasteiger partial charge in [0, 0.05) is 23.2 Å². The summed E-state index contributed by atoms with van der Waals surface area (Å²) in [5.74, 6) is 1.14. The lowest BCUT2D eigenvalue weighted by Gasteiger charge is -2.18. The predicted molar refractivity (Wildman–Crippen MR) is 97.1 cm³/mol. The summed E-state index contributed by atoms with van der Waals surface area (Å²) in [6, 6.07) is 6.85. The zero-order valence-electron chi connectivity index (χ0n) is 13.8. The average molecular weight is 363 g/mol. The van der Waals surface area contributed by atoms with Crippen molar-refractivity contribution in [3.8, 4) is 5.69 Å². The topological polar surface area (TPSA) is 52.0 Å². The van der Waals surface area contributed by atoms with Gasteiger partial charge in [-0.05, 0) is 55.2 Å². The third-order valence-corrected chi connectivity index (χ3v) is 5.72. The van der Waals surface area contributed by atoms with E-state index in [9.17, 15) is 8.42 Å². The van der Waals surface area contributed by atoms with Gasteiger partial charge in [-0.1, -0.05) is 24.6 Å². The van der Waals surface area contributed by atoms with Gasteiger partial charge < -0.3 is 0 Å². The van der Waals surface area contributed by atoms with Crippen molar-refractivity contribution in [3.63, 3.8) is 0 Å². The summed E-state index contributed by atoms with van der Waals surface area (Å²) in [4.78, 5) is 4.96. The highest BCUT2D eigenvalue weighted by molar-refractivity contribution is 7.90. The quantitative estimate of drug-likeness (QED) is 0.824. The number of imidazole rings is 1. The van der Waals surface area contributed by atoms with Gasteiger partial charge in [-0.3, -0.25) is 4.57 Å². The lowest BCUT2D eigenvalue weighted by molar-refractivity contribution is 0.602. The van der Waals surface area contributed by atoms with E-state index in [1.165, 1.54) is 6.26 Å². The molecule has 0 saturated heterocycles. The molecule has 2 aromatic rings. The first-order valence-electron chi connectivity index (χ1n) is 7.69. The molecule has 1 heterocycles. The molecule has 1 atom stereocenters. The van der Waals surface area contributed by atoms with E-state index in [-0.39, 0.29) is 5.92 Å². The molecule has 0 fully saturated rings. The maximum absolute atomic E-state index is 11.6. The summed E-state index contributed by atoms with van der Waals surface area (Å²) in [7, 11) is -3.20. The first-order chi connectivity index (χ1) is 11.3. The number of allylic oxidation sites excluding steroid dienone is 4. The van der Waals surface area contributed by atoms with Crippen molar-refractivity contribution in [2.24, 2.45) is 5.92 Å². The van der Waals surface area contributed by atoms with Crippen LogP contribution in [0.2, 0.25) is 0 Å². The van der Waals surface area contributed by atoms with E-state index in [1.54, 1.807) is 24.3 Å². The standard InChI is InChI=1S/C18H19ClN2O2S/c1-12-10-14(4-9-17(12)19)18-20-13(2)11-21(18)15-5-7-16(8-6-15)24(3,22)23/h4-9,11-12H,10H2,1-3H3. The fourth-order valence-electron chi connectivity index (χ4n) is 2.78. The van der Waals surface area contributed by atoms with Crippen LogP contribution in [-0.2, 0) is 9.84 Å². The summed E-state index contributed by atoms with van der Waals surface area (Å²) in [5.41, 5.74) is 2.91. The second kappa shape index (κ2) is 6.22. The van der Waals surface area contributed by atoms with Crippen molar-refractivity contribution in [2.75, 3.05) is 6.26 Å². The number of benzene rings is 1. The van der Waals surface area contributed by atoms with E-state index in [1.807, 2.05) is 29.8 Å². The van der Waals surface area contributed by atoms with E-state index in [0.717, 1.165) is 34.2 Å². The Hall–Kier alpha value is -1.85. The minimum atomic E-state index is -3.20. The van der Waals surface area contributed by atoms with Crippen LogP contribution < -0.4 is 0 Å². The zero-order valence-corrected chi connectivity index (χ0v) is 15.4. The Kier molecular flexibility index (Phi) is 4.40. The number of hydrogen-bond acceptors (Lipinski definition) is 3. The zero-order chi connectivity index (χ0) is 17.5. The van der Waals surface area contributed by atoms with Crippen LogP contribution in [0.4, 0.5) is 0 Å². The van der Waals surface area contributed by atoms with Gasteiger partial charge in [0.2, 0.25) is 0 Å². The SMILES string of the molecule is Cc1cn(-c2ccc(S(C)(=O)=O)cc2)c(C2=CC=C(Cl)C(C)C2)n1. The average Bonchev–Trinajstić information content (AvgIpc) is 2.91. The maximum atomic E-state index is 11.6. The highest BCUT2D eigenvalue weighted by Crippen LogP contribution is 2.33. The lowest BCUT2D eigenvalue weighted by atomic mass is 9.95. The van der Waals surface area contributed by atoms with Crippen molar-refractivity contribution in [1.82, 2.24) is 9.55 Å². The van der Waals surface area contributed by atoms with Gasteiger partial charge in [0.15, 0.2) is 9.84 Å². The lowest BCUT2D eigenvalue weighted by Crippen LogP contribution is -2.06. The fourth-order valence-corrected chi connectivity index (χ4v) is 3.55. The molecule has 0 bridgehead atoms. The largest absolute Gasteiger partial charge is 0.300 e. The number of halogens is 1. The molecule has 0 spiro atoms. The molecular weight excluding hydrogens is 344 g/mol. The number of hydrogen-bond donors (Lipinski definition) is 0. The van der Waals surface area contributed by atoms with Gasteiger partial charge in [-0.2, -0.15) is 0 Å². The van der Waals surface area contributed by atoms with Crippen LogP contribution in [0.3, 0.4) is 0 Å². The van der Waals surface area contributed by atoms with E-state index in [0.29, 0.717) is 4.90 Å². The van der Waals surface area contributed by atoms with Crippen molar-refractivity contribution in [2.45, 2.75) is 25.2 Å². The molecule has 0 radical (unpaired) electrons. The summed E-state index contributed by atoms with van der Waals surface area (Å²) in [6.07, 6.45) is 7.92. The van der Waals surface area contributed by atoms with E-state index in [4.69, 9.17) is 11.6 Å². The van der Waals surface area contributed by atoms with Crippen LogP contribution in [-0.4, -0.2) is 24.2 Å².